The van der Waals surface area contributed by atoms with E-state index in [4.69, 9.17) is 16.7 Å². The van der Waals surface area contributed by atoms with Gasteiger partial charge in [0, 0.05) is 22.7 Å². The van der Waals surface area contributed by atoms with Gasteiger partial charge in [-0.15, -0.1) is 11.8 Å². The molecule has 0 saturated heterocycles. The lowest BCUT2D eigenvalue weighted by molar-refractivity contribution is -0.116. The summed E-state index contributed by atoms with van der Waals surface area (Å²) < 4.78 is 0. The molecule has 2 rings (SSSR count). The van der Waals surface area contributed by atoms with Gasteiger partial charge in [-0.25, -0.2) is 4.79 Å². The molecule has 2 aromatic rings. The first-order valence-corrected chi connectivity index (χ1v) is 10.5. The van der Waals surface area contributed by atoms with Crippen molar-refractivity contribution in [3.05, 3.63) is 53.1 Å². The van der Waals surface area contributed by atoms with E-state index < -0.39 is 5.97 Å². The first-order valence-electron chi connectivity index (χ1n) is 9.24. The quantitative estimate of drug-likeness (QED) is 0.466. The van der Waals surface area contributed by atoms with Crippen molar-refractivity contribution >= 4 is 52.5 Å². The molecule has 0 fully saturated rings. The zero-order chi connectivity index (χ0) is 21.4. The third-order valence-corrected chi connectivity index (χ3v) is 5.69. The molecule has 0 aliphatic heterocycles. The number of carbonyl (C=O) groups excluding carboxylic acids is 2. The molecule has 0 heterocycles. The molecule has 1 atom stereocenters. The molecule has 1 unspecified atom stereocenters. The highest BCUT2D eigenvalue weighted by molar-refractivity contribution is 8.00. The third-order valence-electron chi connectivity index (χ3n) is 4.00. The number of carboxylic acid groups (broad SMARTS) is 1. The zero-order valence-electron chi connectivity index (χ0n) is 16.2. The topological polar surface area (TPSA) is 95.5 Å². The van der Waals surface area contributed by atoms with E-state index in [1.807, 2.05) is 32.0 Å². The van der Waals surface area contributed by atoms with Crippen LogP contribution in [0.4, 0.5) is 11.4 Å². The molecule has 0 aliphatic carbocycles. The van der Waals surface area contributed by atoms with Crippen LogP contribution in [0.25, 0.3) is 0 Å². The van der Waals surface area contributed by atoms with E-state index >= 15 is 0 Å². The molecule has 2 amide bonds. The molecule has 0 aliphatic rings. The monoisotopic (exact) mass is 434 g/mol. The molecule has 29 heavy (non-hydrogen) atoms. The largest absolute Gasteiger partial charge is 0.478 e. The molecule has 8 heteroatoms. The molecular weight excluding hydrogens is 412 g/mol. The lowest BCUT2D eigenvalue weighted by Crippen LogP contribution is -2.24. The van der Waals surface area contributed by atoms with Crippen LogP contribution in [0, 0.1) is 0 Å². The van der Waals surface area contributed by atoms with Gasteiger partial charge in [-0.05, 0) is 49.2 Å². The van der Waals surface area contributed by atoms with Gasteiger partial charge in [-0.2, -0.15) is 0 Å². The van der Waals surface area contributed by atoms with Crippen LogP contribution in [-0.2, 0) is 9.59 Å². The molecule has 0 radical (unpaired) electrons. The van der Waals surface area contributed by atoms with Crippen LogP contribution in [0.2, 0.25) is 5.02 Å². The Labute approximate surface area is 179 Å². The van der Waals surface area contributed by atoms with Crippen molar-refractivity contribution in [3.63, 3.8) is 0 Å². The number of rotatable bonds is 9. The highest BCUT2D eigenvalue weighted by Gasteiger charge is 2.19. The van der Waals surface area contributed by atoms with Crippen LogP contribution in [0.1, 0.15) is 43.5 Å². The Bertz CT molecular complexity index is 904. The number of thioether (sulfide) groups is 1. The fourth-order valence-corrected chi connectivity index (χ4v) is 3.79. The Morgan fingerprint density at radius 2 is 1.79 bits per heavy atom. The normalized spacial score (nSPS) is 11.6. The number of carbonyl (C=O) groups is 3. The maximum Gasteiger partial charge on any atom is 0.337 e. The second-order valence-corrected chi connectivity index (χ2v) is 8.01. The number of hydrogen-bond donors (Lipinski definition) is 3. The summed E-state index contributed by atoms with van der Waals surface area (Å²) in [6.07, 6.45) is 1.80. The first-order chi connectivity index (χ1) is 13.8. The standard InChI is InChI=1S/C21H23ClN2O4S/c1-3-6-19(25)23-13-7-5-8-15(11-13)29-18(4-2)20(26)24-14-9-10-17(22)16(12-14)21(27)28/h5,7-12,18H,3-4,6H2,1-2H3,(H,23,25)(H,24,26)(H,27,28). The first kappa shape index (κ1) is 22.8. The van der Waals surface area contributed by atoms with Gasteiger partial charge in [-0.3, -0.25) is 9.59 Å². The summed E-state index contributed by atoms with van der Waals surface area (Å²) >= 11 is 7.25. The Morgan fingerprint density at radius 1 is 1.07 bits per heavy atom. The van der Waals surface area contributed by atoms with Crippen molar-refractivity contribution in [2.75, 3.05) is 10.6 Å². The molecule has 0 saturated carbocycles. The Hall–Kier alpha value is -2.51. The lowest BCUT2D eigenvalue weighted by Gasteiger charge is -2.16. The average Bonchev–Trinajstić information content (AvgIpc) is 2.67. The van der Waals surface area contributed by atoms with Gasteiger partial charge in [0.1, 0.15) is 0 Å². The van der Waals surface area contributed by atoms with Crippen LogP contribution in [0.5, 0.6) is 0 Å². The van der Waals surface area contributed by atoms with Crippen molar-refractivity contribution in [3.8, 4) is 0 Å². The average molecular weight is 435 g/mol. The molecule has 2 aromatic carbocycles. The van der Waals surface area contributed by atoms with Gasteiger partial charge in [0.15, 0.2) is 0 Å². The van der Waals surface area contributed by atoms with E-state index in [-0.39, 0.29) is 27.7 Å². The summed E-state index contributed by atoms with van der Waals surface area (Å²) in [5, 5.41) is 14.5. The van der Waals surface area contributed by atoms with E-state index in [2.05, 4.69) is 10.6 Å². The molecule has 0 spiro atoms. The van der Waals surface area contributed by atoms with Gasteiger partial charge >= 0.3 is 5.97 Å². The Kier molecular flexibility index (Phi) is 8.54. The number of anilines is 2. The van der Waals surface area contributed by atoms with E-state index in [0.29, 0.717) is 24.2 Å². The number of benzene rings is 2. The predicted octanol–water partition coefficient (Wildman–Crippen LogP) is 5.29. The maximum atomic E-state index is 12.7. The zero-order valence-corrected chi connectivity index (χ0v) is 17.8. The molecule has 0 bridgehead atoms. The number of nitrogens with one attached hydrogen (secondary N) is 2. The highest BCUT2D eigenvalue weighted by Crippen LogP contribution is 2.29. The van der Waals surface area contributed by atoms with Crippen LogP contribution in [-0.4, -0.2) is 28.1 Å². The van der Waals surface area contributed by atoms with Crippen LogP contribution >= 0.6 is 23.4 Å². The van der Waals surface area contributed by atoms with E-state index in [9.17, 15) is 14.4 Å². The van der Waals surface area contributed by atoms with Gasteiger partial charge in [0.05, 0.1) is 15.8 Å². The summed E-state index contributed by atoms with van der Waals surface area (Å²) in [5.41, 5.74) is 0.990. The molecule has 0 aromatic heterocycles. The van der Waals surface area contributed by atoms with Gasteiger partial charge in [-0.1, -0.05) is 31.5 Å². The van der Waals surface area contributed by atoms with Crippen molar-refractivity contribution < 1.29 is 19.5 Å². The number of halogens is 1. The minimum Gasteiger partial charge on any atom is -0.478 e. The smallest absolute Gasteiger partial charge is 0.337 e. The molecule has 6 nitrogen and oxygen atoms in total. The van der Waals surface area contributed by atoms with Gasteiger partial charge in [0.2, 0.25) is 11.8 Å². The summed E-state index contributed by atoms with van der Waals surface area (Å²) in [4.78, 5) is 36.5. The Morgan fingerprint density at radius 3 is 2.45 bits per heavy atom. The predicted molar refractivity (Wildman–Crippen MR) is 117 cm³/mol. The summed E-state index contributed by atoms with van der Waals surface area (Å²) in [7, 11) is 0. The molecule has 154 valence electrons. The summed E-state index contributed by atoms with van der Waals surface area (Å²) in [6, 6.07) is 11.7. The minimum atomic E-state index is -1.16. The van der Waals surface area contributed by atoms with Crippen molar-refractivity contribution in [2.45, 2.75) is 43.3 Å². The summed E-state index contributed by atoms with van der Waals surface area (Å²) in [5.74, 6) is -1.44. The third kappa shape index (κ3) is 6.80. The van der Waals surface area contributed by atoms with Crippen LogP contribution in [0.3, 0.4) is 0 Å². The Balaban J connectivity index is 2.08. The van der Waals surface area contributed by atoms with Crippen LogP contribution in [0.15, 0.2) is 47.4 Å². The summed E-state index contributed by atoms with van der Waals surface area (Å²) in [6.45, 7) is 3.84. The lowest BCUT2D eigenvalue weighted by atomic mass is 10.2. The number of hydrogen-bond acceptors (Lipinski definition) is 4. The van der Waals surface area contributed by atoms with Gasteiger partial charge < -0.3 is 15.7 Å². The number of aromatic carboxylic acids is 1. The molecular formula is C21H23ClN2O4S. The highest BCUT2D eigenvalue weighted by atomic mass is 35.5. The van der Waals surface area contributed by atoms with Crippen molar-refractivity contribution in [1.29, 1.82) is 0 Å². The number of amides is 2. The van der Waals surface area contributed by atoms with Gasteiger partial charge in [0.25, 0.3) is 0 Å². The molecule has 3 N–H and O–H groups in total. The van der Waals surface area contributed by atoms with E-state index in [1.165, 1.54) is 23.9 Å². The fraction of sp³-hybridized carbons (Fsp3) is 0.286. The second kappa shape index (κ2) is 10.9. The van der Waals surface area contributed by atoms with Crippen molar-refractivity contribution in [1.82, 2.24) is 0 Å². The second-order valence-electron chi connectivity index (χ2n) is 6.33. The van der Waals surface area contributed by atoms with Crippen LogP contribution < -0.4 is 10.6 Å². The number of carboxylic acids is 1. The maximum absolute atomic E-state index is 12.7. The fourth-order valence-electron chi connectivity index (χ4n) is 2.57. The minimum absolute atomic E-state index is 0.0450. The van der Waals surface area contributed by atoms with E-state index in [0.717, 1.165) is 11.3 Å². The van der Waals surface area contributed by atoms with Crippen molar-refractivity contribution in [2.24, 2.45) is 0 Å². The van der Waals surface area contributed by atoms with E-state index in [1.54, 1.807) is 12.1 Å². The SMILES string of the molecule is CCCC(=O)Nc1cccc(SC(CC)C(=O)Nc2ccc(Cl)c(C(=O)O)c2)c1.